The van der Waals surface area contributed by atoms with Crippen LogP contribution in [0.3, 0.4) is 0 Å². The third kappa shape index (κ3) is 3.73. The van der Waals surface area contributed by atoms with Crippen LogP contribution >= 0.6 is 15.9 Å². The Morgan fingerprint density at radius 2 is 2.16 bits per heavy atom. The van der Waals surface area contributed by atoms with Crippen molar-refractivity contribution in [2.75, 3.05) is 18.5 Å². The molecule has 0 amide bonds. The Morgan fingerprint density at radius 3 is 2.79 bits per heavy atom. The number of hydrogen-bond acceptors (Lipinski definition) is 2. The van der Waals surface area contributed by atoms with E-state index in [0.717, 1.165) is 12.3 Å². The van der Waals surface area contributed by atoms with Crippen molar-refractivity contribution in [2.24, 2.45) is 11.7 Å². The van der Waals surface area contributed by atoms with Crippen molar-refractivity contribution in [3.63, 3.8) is 0 Å². The zero-order chi connectivity index (χ0) is 13.8. The molecule has 19 heavy (non-hydrogen) atoms. The number of anilines is 1. The molecule has 2 rings (SSSR count). The summed E-state index contributed by atoms with van der Waals surface area (Å²) in [5.74, 6) is 0.858. The molecule has 2 N–H and O–H groups in total. The molecule has 2 unspecified atom stereocenters. The topological polar surface area (TPSA) is 29.3 Å². The van der Waals surface area contributed by atoms with Crippen LogP contribution in [0.25, 0.3) is 0 Å². The summed E-state index contributed by atoms with van der Waals surface area (Å²) in [5, 5.41) is 0. The van der Waals surface area contributed by atoms with Crippen molar-refractivity contribution in [3.8, 4) is 0 Å². The lowest BCUT2D eigenvalue weighted by molar-refractivity contribution is 0.336. The smallest absolute Gasteiger partial charge is 0.0510 e. The van der Waals surface area contributed by atoms with Gasteiger partial charge in [-0.15, -0.1) is 0 Å². The number of nitrogens with two attached hydrogens (primary N) is 1. The highest BCUT2D eigenvalue weighted by Gasteiger charge is 2.23. The largest absolute Gasteiger partial charge is 0.371 e. The van der Waals surface area contributed by atoms with Crippen molar-refractivity contribution in [3.05, 3.63) is 28.2 Å². The Morgan fingerprint density at radius 1 is 1.37 bits per heavy atom. The van der Waals surface area contributed by atoms with Crippen LogP contribution in [-0.4, -0.2) is 19.6 Å². The SMILES string of the molecule is CC1CCCC(N(C)c2ccc(CCN)cc2Br)C1. The minimum atomic E-state index is 0.681. The maximum absolute atomic E-state index is 5.61. The van der Waals surface area contributed by atoms with Gasteiger partial charge in [0.05, 0.1) is 5.69 Å². The first-order valence-electron chi connectivity index (χ1n) is 7.33. The maximum Gasteiger partial charge on any atom is 0.0510 e. The molecule has 106 valence electrons. The van der Waals surface area contributed by atoms with E-state index in [1.165, 1.54) is 41.4 Å². The summed E-state index contributed by atoms with van der Waals surface area (Å²) in [6.45, 7) is 3.08. The Hall–Kier alpha value is -0.540. The lowest BCUT2D eigenvalue weighted by Crippen LogP contribution is -2.35. The zero-order valence-corrected chi connectivity index (χ0v) is 13.6. The van der Waals surface area contributed by atoms with E-state index in [0.29, 0.717) is 12.6 Å². The van der Waals surface area contributed by atoms with Crippen LogP contribution in [0, 0.1) is 5.92 Å². The van der Waals surface area contributed by atoms with Gasteiger partial charge in [-0.2, -0.15) is 0 Å². The third-order valence-corrected chi connectivity index (χ3v) is 4.92. The van der Waals surface area contributed by atoms with E-state index < -0.39 is 0 Å². The van der Waals surface area contributed by atoms with Crippen LogP contribution in [0.5, 0.6) is 0 Å². The fraction of sp³-hybridized carbons (Fsp3) is 0.625. The zero-order valence-electron chi connectivity index (χ0n) is 12.0. The van der Waals surface area contributed by atoms with Crippen molar-refractivity contribution in [1.29, 1.82) is 0 Å². The van der Waals surface area contributed by atoms with E-state index in [1.807, 2.05) is 0 Å². The van der Waals surface area contributed by atoms with E-state index in [4.69, 9.17) is 5.73 Å². The standard InChI is InChI=1S/C16H25BrN2/c1-12-4-3-5-14(10-12)19(2)16-7-6-13(8-9-18)11-15(16)17/h6-7,11-12,14H,3-5,8-10,18H2,1-2H3. The van der Waals surface area contributed by atoms with E-state index in [1.54, 1.807) is 0 Å². The quantitative estimate of drug-likeness (QED) is 0.908. The second-order valence-corrected chi connectivity index (χ2v) is 6.72. The fourth-order valence-electron chi connectivity index (χ4n) is 3.11. The van der Waals surface area contributed by atoms with Gasteiger partial charge in [0.1, 0.15) is 0 Å². The maximum atomic E-state index is 5.61. The van der Waals surface area contributed by atoms with Gasteiger partial charge in [0.15, 0.2) is 0 Å². The lowest BCUT2D eigenvalue weighted by atomic mass is 9.86. The summed E-state index contributed by atoms with van der Waals surface area (Å²) in [5.41, 5.74) is 8.23. The van der Waals surface area contributed by atoms with Gasteiger partial charge in [0, 0.05) is 17.6 Å². The van der Waals surface area contributed by atoms with Crippen molar-refractivity contribution in [1.82, 2.24) is 0 Å². The molecule has 1 aliphatic carbocycles. The Labute approximate surface area is 125 Å². The van der Waals surface area contributed by atoms with Gasteiger partial charge in [-0.3, -0.25) is 0 Å². The Bertz CT molecular complexity index is 419. The molecule has 1 aromatic carbocycles. The van der Waals surface area contributed by atoms with Crippen molar-refractivity contribution < 1.29 is 0 Å². The van der Waals surface area contributed by atoms with Gasteiger partial charge in [-0.05, 0) is 65.4 Å². The minimum absolute atomic E-state index is 0.681. The summed E-state index contributed by atoms with van der Waals surface area (Å²) in [6.07, 6.45) is 6.33. The van der Waals surface area contributed by atoms with E-state index >= 15 is 0 Å². The molecule has 1 aliphatic rings. The molecule has 3 heteroatoms. The highest BCUT2D eigenvalue weighted by atomic mass is 79.9. The first-order chi connectivity index (χ1) is 9.11. The molecular formula is C16H25BrN2. The van der Waals surface area contributed by atoms with Crippen LogP contribution in [0.2, 0.25) is 0 Å². The highest BCUT2D eigenvalue weighted by Crippen LogP contribution is 2.33. The van der Waals surface area contributed by atoms with Crippen LogP contribution in [0.15, 0.2) is 22.7 Å². The molecule has 0 radical (unpaired) electrons. The predicted octanol–water partition coefficient (Wildman–Crippen LogP) is 3.97. The first kappa shape index (κ1) is 14.9. The average molecular weight is 325 g/mol. The van der Waals surface area contributed by atoms with E-state index in [-0.39, 0.29) is 0 Å². The molecule has 0 aliphatic heterocycles. The monoisotopic (exact) mass is 324 g/mol. The Balaban J connectivity index is 2.12. The van der Waals surface area contributed by atoms with Crippen LogP contribution in [0.4, 0.5) is 5.69 Å². The lowest BCUT2D eigenvalue weighted by Gasteiger charge is -2.36. The predicted molar refractivity (Wildman–Crippen MR) is 86.7 cm³/mol. The van der Waals surface area contributed by atoms with Gasteiger partial charge in [-0.25, -0.2) is 0 Å². The molecule has 1 saturated carbocycles. The fourth-order valence-corrected chi connectivity index (χ4v) is 3.82. The molecule has 2 atom stereocenters. The van der Waals surface area contributed by atoms with Gasteiger partial charge in [0.25, 0.3) is 0 Å². The third-order valence-electron chi connectivity index (χ3n) is 4.28. The summed E-state index contributed by atoms with van der Waals surface area (Å²) < 4.78 is 1.19. The molecule has 1 fully saturated rings. The summed E-state index contributed by atoms with van der Waals surface area (Å²) >= 11 is 3.72. The van der Waals surface area contributed by atoms with Crippen LogP contribution in [-0.2, 0) is 6.42 Å². The molecule has 1 aromatic rings. The Kier molecular flexibility index (Phi) is 5.28. The van der Waals surface area contributed by atoms with Crippen molar-refractivity contribution in [2.45, 2.75) is 45.1 Å². The molecule has 0 spiro atoms. The van der Waals surface area contributed by atoms with E-state index in [9.17, 15) is 0 Å². The second-order valence-electron chi connectivity index (χ2n) is 5.86. The molecule has 0 bridgehead atoms. The van der Waals surface area contributed by atoms with Gasteiger partial charge in [0.2, 0.25) is 0 Å². The molecular weight excluding hydrogens is 300 g/mol. The van der Waals surface area contributed by atoms with E-state index in [2.05, 4.69) is 53.0 Å². The normalized spacial score (nSPS) is 23.4. The summed E-state index contributed by atoms with van der Waals surface area (Å²) in [7, 11) is 2.23. The molecule has 0 saturated heterocycles. The van der Waals surface area contributed by atoms with Crippen LogP contribution < -0.4 is 10.6 Å². The van der Waals surface area contributed by atoms with Gasteiger partial charge >= 0.3 is 0 Å². The second kappa shape index (κ2) is 6.76. The van der Waals surface area contributed by atoms with Crippen molar-refractivity contribution >= 4 is 21.6 Å². The number of halogens is 1. The highest BCUT2D eigenvalue weighted by molar-refractivity contribution is 9.10. The average Bonchev–Trinajstić information content (AvgIpc) is 2.38. The first-order valence-corrected chi connectivity index (χ1v) is 8.12. The number of nitrogens with zero attached hydrogens (tertiary/aromatic N) is 1. The number of rotatable bonds is 4. The molecule has 2 nitrogen and oxygen atoms in total. The number of benzene rings is 1. The van der Waals surface area contributed by atoms with Crippen LogP contribution in [0.1, 0.15) is 38.2 Å². The number of hydrogen-bond donors (Lipinski definition) is 1. The summed E-state index contributed by atoms with van der Waals surface area (Å²) in [4.78, 5) is 2.45. The molecule has 0 aromatic heterocycles. The molecule has 0 heterocycles. The summed E-state index contributed by atoms with van der Waals surface area (Å²) in [6, 6.07) is 7.33. The van der Waals surface area contributed by atoms with Gasteiger partial charge in [-0.1, -0.05) is 25.8 Å². The minimum Gasteiger partial charge on any atom is -0.371 e. The van der Waals surface area contributed by atoms with Gasteiger partial charge < -0.3 is 10.6 Å².